The van der Waals surface area contributed by atoms with Crippen molar-refractivity contribution in [1.82, 2.24) is 0 Å². The number of carbonyl (C=O) groups is 1. The standard InChI is InChI=1S/C5H12NOP/c1-4(2-3-8)5(6)7/h4H,2-3,8H2,1H3,(H2,6,7). The van der Waals surface area contributed by atoms with Crippen molar-refractivity contribution < 1.29 is 4.79 Å². The molecular weight excluding hydrogens is 121 g/mol. The Balaban J connectivity index is 3.32. The van der Waals surface area contributed by atoms with E-state index < -0.39 is 0 Å². The molecule has 0 saturated carbocycles. The van der Waals surface area contributed by atoms with E-state index in [1.807, 2.05) is 6.92 Å². The van der Waals surface area contributed by atoms with Gasteiger partial charge in [0.25, 0.3) is 0 Å². The Hall–Kier alpha value is -0.100. The molecule has 2 atom stereocenters. The van der Waals surface area contributed by atoms with Crippen LogP contribution in [0.2, 0.25) is 0 Å². The minimum atomic E-state index is -0.201. The smallest absolute Gasteiger partial charge is 0.220 e. The van der Waals surface area contributed by atoms with Crippen LogP contribution in [0.3, 0.4) is 0 Å². The van der Waals surface area contributed by atoms with Gasteiger partial charge in [0.15, 0.2) is 0 Å². The predicted molar refractivity (Wildman–Crippen MR) is 37.6 cm³/mol. The van der Waals surface area contributed by atoms with Crippen molar-refractivity contribution in [3.05, 3.63) is 0 Å². The second kappa shape index (κ2) is 3.85. The van der Waals surface area contributed by atoms with Gasteiger partial charge >= 0.3 is 0 Å². The molecule has 0 spiro atoms. The number of hydrogen-bond donors (Lipinski definition) is 1. The van der Waals surface area contributed by atoms with Crippen molar-refractivity contribution in [2.75, 3.05) is 6.16 Å². The lowest BCUT2D eigenvalue weighted by Gasteiger charge is -2.01. The molecule has 0 bridgehead atoms. The number of rotatable bonds is 3. The monoisotopic (exact) mass is 133 g/mol. The highest BCUT2D eigenvalue weighted by Gasteiger charge is 2.04. The molecule has 2 N–H and O–H groups in total. The van der Waals surface area contributed by atoms with Crippen LogP contribution in [0.15, 0.2) is 0 Å². The molecule has 0 aliphatic carbocycles. The van der Waals surface area contributed by atoms with Crippen LogP contribution >= 0.6 is 9.24 Å². The van der Waals surface area contributed by atoms with E-state index in [4.69, 9.17) is 5.73 Å². The molecule has 1 amide bonds. The van der Waals surface area contributed by atoms with E-state index in [-0.39, 0.29) is 11.8 Å². The van der Waals surface area contributed by atoms with Gasteiger partial charge in [-0.25, -0.2) is 0 Å². The minimum Gasteiger partial charge on any atom is -0.369 e. The highest BCUT2D eigenvalue weighted by atomic mass is 31.0. The van der Waals surface area contributed by atoms with Gasteiger partial charge < -0.3 is 5.73 Å². The molecule has 0 saturated heterocycles. The molecule has 8 heavy (non-hydrogen) atoms. The van der Waals surface area contributed by atoms with Crippen LogP contribution in [0.25, 0.3) is 0 Å². The molecule has 2 unspecified atom stereocenters. The molecule has 0 fully saturated rings. The maximum Gasteiger partial charge on any atom is 0.220 e. The van der Waals surface area contributed by atoms with Gasteiger partial charge in [-0.05, 0) is 12.6 Å². The van der Waals surface area contributed by atoms with Crippen LogP contribution in [0.1, 0.15) is 13.3 Å². The molecule has 48 valence electrons. The minimum absolute atomic E-state index is 0.0347. The third kappa shape index (κ3) is 2.98. The second-order valence-electron chi connectivity index (χ2n) is 1.88. The number of primary amides is 1. The SMILES string of the molecule is CC(CCP)C(N)=O. The summed E-state index contributed by atoms with van der Waals surface area (Å²) in [6, 6.07) is 0. The van der Waals surface area contributed by atoms with Gasteiger partial charge in [0.05, 0.1) is 0 Å². The van der Waals surface area contributed by atoms with Crippen LogP contribution in [0.5, 0.6) is 0 Å². The quantitative estimate of drug-likeness (QED) is 0.555. The summed E-state index contributed by atoms with van der Waals surface area (Å²) in [6.45, 7) is 1.84. The van der Waals surface area contributed by atoms with Crippen LogP contribution in [0, 0.1) is 5.92 Å². The Morgan fingerprint density at radius 3 is 2.50 bits per heavy atom. The molecule has 2 nitrogen and oxygen atoms in total. The first-order valence-electron chi connectivity index (χ1n) is 2.68. The van der Waals surface area contributed by atoms with Gasteiger partial charge in [-0.3, -0.25) is 4.79 Å². The Morgan fingerprint density at radius 2 is 2.38 bits per heavy atom. The van der Waals surface area contributed by atoms with Crippen LogP contribution in [-0.2, 0) is 4.79 Å². The zero-order chi connectivity index (χ0) is 6.57. The fourth-order valence-electron chi connectivity index (χ4n) is 0.392. The van der Waals surface area contributed by atoms with Gasteiger partial charge in [0.2, 0.25) is 5.91 Å². The third-order valence-electron chi connectivity index (χ3n) is 1.09. The zero-order valence-electron chi connectivity index (χ0n) is 5.05. The third-order valence-corrected chi connectivity index (χ3v) is 1.42. The summed E-state index contributed by atoms with van der Waals surface area (Å²) in [7, 11) is 2.56. The van der Waals surface area contributed by atoms with E-state index in [0.717, 1.165) is 12.6 Å². The summed E-state index contributed by atoms with van der Waals surface area (Å²) in [5, 5.41) is 0. The average Bonchev–Trinajstić information content (AvgIpc) is 1.67. The van der Waals surface area contributed by atoms with Crippen molar-refractivity contribution >= 4 is 15.1 Å². The highest BCUT2D eigenvalue weighted by Crippen LogP contribution is 2.01. The van der Waals surface area contributed by atoms with E-state index in [0.29, 0.717) is 0 Å². The molecule has 0 aliphatic rings. The van der Waals surface area contributed by atoms with Gasteiger partial charge in [-0.1, -0.05) is 6.92 Å². The Morgan fingerprint density at radius 1 is 1.88 bits per heavy atom. The van der Waals surface area contributed by atoms with Crippen molar-refractivity contribution in [2.24, 2.45) is 11.7 Å². The topological polar surface area (TPSA) is 43.1 Å². The van der Waals surface area contributed by atoms with Gasteiger partial charge in [-0.15, -0.1) is 9.24 Å². The van der Waals surface area contributed by atoms with Crippen molar-refractivity contribution in [1.29, 1.82) is 0 Å². The summed E-state index contributed by atoms with van der Waals surface area (Å²) >= 11 is 0. The molecule has 0 radical (unpaired) electrons. The van der Waals surface area contributed by atoms with Crippen molar-refractivity contribution in [3.8, 4) is 0 Å². The maximum absolute atomic E-state index is 10.3. The fourth-order valence-corrected chi connectivity index (χ4v) is 0.892. The Kier molecular flexibility index (Phi) is 3.80. The first kappa shape index (κ1) is 7.90. The van der Waals surface area contributed by atoms with E-state index >= 15 is 0 Å². The van der Waals surface area contributed by atoms with Crippen LogP contribution in [-0.4, -0.2) is 12.1 Å². The lowest BCUT2D eigenvalue weighted by atomic mass is 10.1. The lowest BCUT2D eigenvalue weighted by molar-refractivity contribution is -0.121. The van der Waals surface area contributed by atoms with Gasteiger partial charge in [0.1, 0.15) is 0 Å². The van der Waals surface area contributed by atoms with E-state index in [1.165, 1.54) is 0 Å². The number of amides is 1. The summed E-state index contributed by atoms with van der Waals surface area (Å²) in [4.78, 5) is 10.3. The summed E-state index contributed by atoms with van der Waals surface area (Å²) in [5.74, 6) is -0.167. The van der Waals surface area contributed by atoms with E-state index in [2.05, 4.69) is 9.24 Å². The average molecular weight is 133 g/mol. The molecule has 0 heterocycles. The zero-order valence-corrected chi connectivity index (χ0v) is 6.21. The van der Waals surface area contributed by atoms with Crippen molar-refractivity contribution in [3.63, 3.8) is 0 Å². The maximum atomic E-state index is 10.3. The Labute approximate surface area is 52.0 Å². The molecule has 0 aliphatic heterocycles. The second-order valence-corrected chi connectivity index (χ2v) is 2.46. The molecule has 0 rings (SSSR count). The Bertz CT molecular complexity index is 84.5. The highest BCUT2D eigenvalue weighted by molar-refractivity contribution is 7.16. The van der Waals surface area contributed by atoms with Crippen LogP contribution < -0.4 is 5.73 Å². The van der Waals surface area contributed by atoms with Gasteiger partial charge in [0, 0.05) is 5.92 Å². The summed E-state index contributed by atoms with van der Waals surface area (Å²) in [6.07, 6.45) is 1.82. The largest absolute Gasteiger partial charge is 0.369 e. The van der Waals surface area contributed by atoms with E-state index in [1.54, 1.807) is 0 Å². The lowest BCUT2D eigenvalue weighted by Crippen LogP contribution is -2.20. The molecule has 0 aromatic heterocycles. The van der Waals surface area contributed by atoms with Crippen molar-refractivity contribution in [2.45, 2.75) is 13.3 Å². The number of carbonyl (C=O) groups excluding carboxylic acids is 1. The van der Waals surface area contributed by atoms with E-state index in [9.17, 15) is 4.79 Å². The normalized spacial score (nSPS) is 13.2. The first-order chi connectivity index (χ1) is 3.68. The van der Waals surface area contributed by atoms with Gasteiger partial charge in [-0.2, -0.15) is 0 Å². The molecule has 3 heteroatoms. The molecule has 0 aromatic carbocycles. The number of hydrogen-bond acceptors (Lipinski definition) is 1. The fraction of sp³-hybridized carbons (Fsp3) is 0.800. The number of nitrogens with two attached hydrogens (primary N) is 1. The predicted octanol–water partition coefficient (Wildman–Crippen LogP) is 0.373. The summed E-state index contributed by atoms with van der Waals surface area (Å²) < 4.78 is 0. The summed E-state index contributed by atoms with van der Waals surface area (Å²) in [5.41, 5.74) is 4.97. The first-order valence-corrected chi connectivity index (χ1v) is 3.49. The molecular formula is C5H12NOP. The molecule has 0 aromatic rings. The van der Waals surface area contributed by atoms with Crippen LogP contribution in [0.4, 0.5) is 0 Å².